The molecule has 0 fully saturated rings. The summed E-state index contributed by atoms with van der Waals surface area (Å²) in [5, 5.41) is 2.66. The van der Waals surface area contributed by atoms with Crippen molar-refractivity contribution in [1.82, 2.24) is 0 Å². The van der Waals surface area contributed by atoms with Crippen LogP contribution >= 0.6 is 47.8 Å². The first-order valence-corrected chi connectivity index (χ1v) is 8.42. The molecular formula is C14H10Br3NO4. The van der Waals surface area contributed by atoms with Crippen molar-refractivity contribution in [3.05, 3.63) is 49.2 Å². The maximum absolute atomic E-state index is 11.9. The number of carbonyl (C=O) groups is 2. The van der Waals surface area contributed by atoms with Gasteiger partial charge < -0.3 is 14.5 Å². The van der Waals surface area contributed by atoms with Gasteiger partial charge in [-0.25, -0.2) is 4.79 Å². The molecule has 0 aliphatic rings. The zero-order valence-corrected chi connectivity index (χ0v) is 16.0. The number of benzene rings is 1. The molecule has 22 heavy (non-hydrogen) atoms. The smallest absolute Gasteiger partial charge is 0.375 e. The lowest BCUT2D eigenvalue weighted by Crippen LogP contribution is -2.21. The topological polar surface area (TPSA) is 68.5 Å². The van der Waals surface area contributed by atoms with Crippen LogP contribution in [0, 0.1) is 6.92 Å². The summed E-state index contributed by atoms with van der Waals surface area (Å²) < 4.78 is 12.2. The fourth-order valence-corrected chi connectivity index (χ4v) is 4.07. The van der Waals surface area contributed by atoms with Crippen molar-refractivity contribution in [3.8, 4) is 0 Å². The van der Waals surface area contributed by atoms with Gasteiger partial charge in [0.05, 0.1) is 12.0 Å². The van der Waals surface area contributed by atoms with E-state index in [1.165, 1.54) is 6.26 Å². The summed E-state index contributed by atoms with van der Waals surface area (Å²) in [4.78, 5) is 23.6. The fourth-order valence-electron chi connectivity index (χ4n) is 1.62. The SMILES string of the molecule is Cc1ccoc1C(=O)OCC(=O)Nc1c(Br)cc(Br)cc1Br. The van der Waals surface area contributed by atoms with Crippen LogP contribution in [0.4, 0.5) is 5.69 Å². The largest absolute Gasteiger partial charge is 0.457 e. The predicted octanol–water partition coefficient (Wildman–Crippen LogP) is 4.67. The van der Waals surface area contributed by atoms with Crippen LogP contribution in [0.3, 0.4) is 0 Å². The Morgan fingerprint density at radius 2 is 1.86 bits per heavy atom. The molecule has 0 saturated heterocycles. The van der Waals surface area contributed by atoms with Crippen LogP contribution in [0.5, 0.6) is 0 Å². The highest BCUT2D eigenvalue weighted by atomic mass is 79.9. The van der Waals surface area contributed by atoms with E-state index < -0.39 is 18.5 Å². The minimum absolute atomic E-state index is 0.0961. The predicted molar refractivity (Wildman–Crippen MR) is 91.9 cm³/mol. The average Bonchev–Trinajstić information content (AvgIpc) is 2.86. The van der Waals surface area contributed by atoms with Crippen molar-refractivity contribution in [1.29, 1.82) is 0 Å². The molecule has 1 heterocycles. The number of anilines is 1. The van der Waals surface area contributed by atoms with E-state index >= 15 is 0 Å². The Bertz CT molecular complexity index is 704. The molecule has 1 amide bonds. The van der Waals surface area contributed by atoms with E-state index in [9.17, 15) is 9.59 Å². The number of hydrogen-bond acceptors (Lipinski definition) is 4. The van der Waals surface area contributed by atoms with Crippen LogP contribution in [-0.4, -0.2) is 18.5 Å². The first-order valence-electron chi connectivity index (χ1n) is 6.04. The number of amides is 1. The lowest BCUT2D eigenvalue weighted by atomic mass is 10.3. The molecule has 0 radical (unpaired) electrons. The molecule has 5 nitrogen and oxygen atoms in total. The molecule has 0 aliphatic heterocycles. The summed E-state index contributed by atoms with van der Waals surface area (Å²) in [6.45, 7) is 1.31. The summed E-state index contributed by atoms with van der Waals surface area (Å²) in [5.41, 5.74) is 1.21. The van der Waals surface area contributed by atoms with Crippen molar-refractivity contribution in [3.63, 3.8) is 0 Å². The van der Waals surface area contributed by atoms with Gasteiger partial charge >= 0.3 is 5.97 Å². The summed E-state index contributed by atoms with van der Waals surface area (Å²) in [6.07, 6.45) is 1.39. The normalized spacial score (nSPS) is 10.4. The maximum atomic E-state index is 11.9. The Kier molecular flexibility index (Phi) is 5.82. The summed E-state index contributed by atoms with van der Waals surface area (Å²) in [7, 11) is 0. The lowest BCUT2D eigenvalue weighted by Gasteiger charge is -2.10. The Balaban J connectivity index is 1.97. The van der Waals surface area contributed by atoms with Crippen LogP contribution in [0.2, 0.25) is 0 Å². The first-order chi connectivity index (χ1) is 10.4. The van der Waals surface area contributed by atoms with Gasteiger partial charge in [0.2, 0.25) is 5.76 Å². The van der Waals surface area contributed by atoms with Gasteiger partial charge in [0.15, 0.2) is 6.61 Å². The number of ether oxygens (including phenoxy) is 1. The molecule has 2 aromatic rings. The fraction of sp³-hybridized carbons (Fsp3) is 0.143. The number of furan rings is 1. The standard InChI is InChI=1S/C14H10Br3NO4/c1-7-2-3-21-13(7)14(20)22-6-11(19)18-12-9(16)4-8(15)5-10(12)17/h2-5H,6H2,1H3,(H,18,19). The highest BCUT2D eigenvalue weighted by Crippen LogP contribution is 2.34. The lowest BCUT2D eigenvalue weighted by molar-refractivity contribution is -0.119. The zero-order chi connectivity index (χ0) is 16.3. The van der Waals surface area contributed by atoms with Crippen molar-refractivity contribution in [2.75, 3.05) is 11.9 Å². The molecule has 0 atom stereocenters. The molecule has 2 rings (SSSR count). The van der Waals surface area contributed by atoms with E-state index in [0.717, 1.165) is 4.47 Å². The Hall–Kier alpha value is -1.12. The average molecular weight is 496 g/mol. The summed E-state index contributed by atoms with van der Waals surface area (Å²) in [6, 6.07) is 5.23. The van der Waals surface area contributed by atoms with E-state index in [1.807, 2.05) is 0 Å². The third-order valence-corrected chi connectivity index (χ3v) is 4.36. The third kappa shape index (κ3) is 4.21. The van der Waals surface area contributed by atoms with Gasteiger partial charge in [-0.15, -0.1) is 0 Å². The van der Waals surface area contributed by atoms with Crippen LogP contribution in [-0.2, 0) is 9.53 Å². The van der Waals surface area contributed by atoms with E-state index in [4.69, 9.17) is 9.15 Å². The second kappa shape index (κ2) is 7.43. The van der Waals surface area contributed by atoms with E-state index in [0.29, 0.717) is 20.2 Å². The minimum Gasteiger partial charge on any atom is -0.457 e. The minimum atomic E-state index is -0.674. The summed E-state index contributed by atoms with van der Waals surface area (Å²) in [5.74, 6) is -1.04. The molecule has 0 unspecified atom stereocenters. The molecule has 0 saturated carbocycles. The number of rotatable bonds is 4. The number of nitrogens with one attached hydrogen (secondary N) is 1. The van der Waals surface area contributed by atoms with Gasteiger partial charge in [0.1, 0.15) is 0 Å². The highest BCUT2D eigenvalue weighted by Gasteiger charge is 2.17. The molecule has 0 bridgehead atoms. The molecule has 1 aromatic carbocycles. The van der Waals surface area contributed by atoms with Crippen molar-refractivity contribution in [2.24, 2.45) is 0 Å². The van der Waals surface area contributed by atoms with Crippen LogP contribution in [0.1, 0.15) is 16.1 Å². The molecule has 116 valence electrons. The van der Waals surface area contributed by atoms with Gasteiger partial charge in [-0.05, 0) is 57.0 Å². The highest BCUT2D eigenvalue weighted by molar-refractivity contribution is 9.11. The second-order valence-corrected chi connectivity index (χ2v) is 6.93. The molecular weight excluding hydrogens is 486 g/mol. The Morgan fingerprint density at radius 3 is 2.41 bits per heavy atom. The van der Waals surface area contributed by atoms with Crippen molar-refractivity contribution < 1.29 is 18.7 Å². The second-order valence-electron chi connectivity index (χ2n) is 4.30. The number of aryl methyl sites for hydroxylation is 1. The Morgan fingerprint density at radius 1 is 1.23 bits per heavy atom. The maximum Gasteiger partial charge on any atom is 0.375 e. The third-order valence-electron chi connectivity index (χ3n) is 2.65. The van der Waals surface area contributed by atoms with Crippen molar-refractivity contribution >= 4 is 65.4 Å². The van der Waals surface area contributed by atoms with Gasteiger partial charge in [0.25, 0.3) is 5.91 Å². The van der Waals surface area contributed by atoms with Crippen LogP contribution in [0.15, 0.2) is 42.3 Å². The van der Waals surface area contributed by atoms with E-state index in [1.54, 1.807) is 25.1 Å². The monoisotopic (exact) mass is 493 g/mol. The molecule has 0 aliphatic carbocycles. The first kappa shape index (κ1) is 17.2. The number of esters is 1. The van der Waals surface area contributed by atoms with Gasteiger partial charge in [-0.3, -0.25) is 4.79 Å². The van der Waals surface area contributed by atoms with E-state index in [-0.39, 0.29) is 5.76 Å². The quantitative estimate of drug-likeness (QED) is 0.626. The van der Waals surface area contributed by atoms with Gasteiger partial charge in [-0.1, -0.05) is 15.9 Å². The molecule has 1 N–H and O–H groups in total. The molecule has 1 aromatic heterocycles. The molecule has 0 spiro atoms. The number of halogens is 3. The number of carbonyl (C=O) groups excluding carboxylic acids is 2. The van der Waals surface area contributed by atoms with Gasteiger partial charge in [0, 0.05) is 19.0 Å². The van der Waals surface area contributed by atoms with Crippen LogP contribution in [0.25, 0.3) is 0 Å². The molecule has 8 heteroatoms. The Labute approximate surface area is 151 Å². The zero-order valence-electron chi connectivity index (χ0n) is 11.3. The van der Waals surface area contributed by atoms with Crippen LogP contribution < -0.4 is 5.32 Å². The van der Waals surface area contributed by atoms with Gasteiger partial charge in [-0.2, -0.15) is 0 Å². The number of hydrogen-bond donors (Lipinski definition) is 1. The van der Waals surface area contributed by atoms with Crippen molar-refractivity contribution in [2.45, 2.75) is 6.92 Å². The summed E-state index contributed by atoms with van der Waals surface area (Å²) >= 11 is 10.0. The van der Waals surface area contributed by atoms with E-state index in [2.05, 4.69) is 53.1 Å².